The smallest absolute Gasteiger partial charge is 0.264 e. The van der Waals surface area contributed by atoms with Crippen molar-refractivity contribution in [2.24, 2.45) is 4.99 Å². The van der Waals surface area contributed by atoms with Gasteiger partial charge in [-0.2, -0.15) is 0 Å². The van der Waals surface area contributed by atoms with Crippen LogP contribution in [0, 0.1) is 11.7 Å². The summed E-state index contributed by atoms with van der Waals surface area (Å²) < 4.78 is 0.0586. The fraction of sp³-hybridized carbons (Fsp3) is 0.0909. The van der Waals surface area contributed by atoms with Crippen LogP contribution in [0.4, 0.5) is 5.82 Å². The Bertz CT molecular complexity index is 717. The second kappa shape index (κ2) is 4.92. The molecule has 0 atom stereocenters. The molecule has 0 aliphatic heterocycles. The van der Waals surface area contributed by atoms with E-state index in [9.17, 15) is 9.90 Å². The van der Waals surface area contributed by atoms with E-state index in [1.165, 1.54) is 6.21 Å². The fourth-order valence-electron chi connectivity index (χ4n) is 1.33. The molecule has 0 radical (unpaired) electrons. The number of nitrogens with zero attached hydrogens (tertiary/aromatic N) is 2. The van der Waals surface area contributed by atoms with E-state index in [-0.39, 0.29) is 16.2 Å². The molecule has 0 saturated carbocycles. The lowest BCUT2D eigenvalue weighted by Crippen LogP contribution is -2.13. The summed E-state index contributed by atoms with van der Waals surface area (Å²) >= 11 is 4.71. The lowest BCUT2D eigenvalue weighted by atomic mass is 10.3. The first-order chi connectivity index (χ1) is 8.56. The second-order valence-corrected chi connectivity index (χ2v) is 4.03. The van der Waals surface area contributed by atoms with Crippen molar-refractivity contribution < 1.29 is 5.11 Å². The summed E-state index contributed by atoms with van der Waals surface area (Å²) in [5, 5.41) is 9.55. The molecule has 0 bridgehead atoms. The summed E-state index contributed by atoms with van der Waals surface area (Å²) in [5.74, 6) is 0.136. The number of aliphatic imine (C=N–C) groups is 1. The Kier molecular flexibility index (Phi) is 3.33. The number of aromatic amines is 2. The van der Waals surface area contributed by atoms with E-state index in [0.717, 1.165) is 5.56 Å². The Balaban J connectivity index is 2.41. The molecule has 0 spiro atoms. The van der Waals surface area contributed by atoms with Crippen LogP contribution >= 0.6 is 12.2 Å². The van der Waals surface area contributed by atoms with Gasteiger partial charge in [0, 0.05) is 12.4 Å². The van der Waals surface area contributed by atoms with Crippen molar-refractivity contribution in [1.82, 2.24) is 15.0 Å². The van der Waals surface area contributed by atoms with E-state index in [1.54, 1.807) is 12.3 Å². The summed E-state index contributed by atoms with van der Waals surface area (Å²) in [4.78, 5) is 24.4. The zero-order valence-corrected chi connectivity index (χ0v) is 10.3. The SMILES string of the molecule is Cc1ccnc(N=Cc2c(O)[nH]c(=S)[nH]c2=O)c1. The van der Waals surface area contributed by atoms with Crippen LogP contribution < -0.4 is 5.56 Å². The average molecular weight is 262 g/mol. The Labute approximate surface area is 107 Å². The highest BCUT2D eigenvalue weighted by atomic mass is 32.1. The maximum Gasteiger partial charge on any atom is 0.264 e. The van der Waals surface area contributed by atoms with Crippen molar-refractivity contribution in [3.63, 3.8) is 0 Å². The lowest BCUT2D eigenvalue weighted by molar-refractivity contribution is 0.449. The Hall–Kier alpha value is -2.28. The zero-order valence-electron chi connectivity index (χ0n) is 9.47. The number of nitrogens with one attached hydrogen (secondary N) is 2. The molecule has 0 amide bonds. The molecular formula is C11H10N4O2S. The summed E-state index contributed by atoms with van der Waals surface area (Å²) in [6, 6.07) is 3.59. The van der Waals surface area contributed by atoms with Crippen LogP contribution in [0.5, 0.6) is 5.88 Å². The minimum Gasteiger partial charge on any atom is -0.494 e. The molecule has 7 heteroatoms. The summed E-state index contributed by atoms with van der Waals surface area (Å²) in [6.07, 6.45) is 2.85. The van der Waals surface area contributed by atoms with Crippen LogP contribution in [0.1, 0.15) is 11.1 Å². The third kappa shape index (κ3) is 2.69. The van der Waals surface area contributed by atoms with Crippen LogP contribution in [-0.2, 0) is 0 Å². The van der Waals surface area contributed by atoms with E-state index in [0.29, 0.717) is 5.82 Å². The monoisotopic (exact) mass is 262 g/mol. The van der Waals surface area contributed by atoms with E-state index >= 15 is 0 Å². The third-order valence-electron chi connectivity index (χ3n) is 2.19. The van der Waals surface area contributed by atoms with Gasteiger partial charge in [-0.05, 0) is 36.8 Å². The van der Waals surface area contributed by atoms with Crippen molar-refractivity contribution in [2.75, 3.05) is 0 Å². The molecule has 0 aliphatic rings. The maximum atomic E-state index is 11.5. The number of rotatable bonds is 2. The van der Waals surface area contributed by atoms with Crippen molar-refractivity contribution in [3.05, 3.63) is 44.6 Å². The summed E-state index contributed by atoms with van der Waals surface area (Å²) in [7, 11) is 0. The van der Waals surface area contributed by atoms with Crippen LogP contribution in [0.25, 0.3) is 0 Å². The topological polar surface area (TPSA) is 94.1 Å². The van der Waals surface area contributed by atoms with Crippen molar-refractivity contribution in [1.29, 1.82) is 0 Å². The average Bonchev–Trinajstić information content (AvgIpc) is 2.27. The Morgan fingerprint density at radius 2 is 2.28 bits per heavy atom. The third-order valence-corrected chi connectivity index (χ3v) is 2.39. The molecule has 18 heavy (non-hydrogen) atoms. The molecule has 2 rings (SSSR count). The quantitative estimate of drug-likeness (QED) is 0.566. The molecule has 2 heterocycles. The molecule has 0 aromatic carbocycles. The molecule has 0 saturated heterocycles. The second-order valence-electron chi connectivity index (χ2n) is 3.62. The van der Waals surface area contributed by atoms with Gasteiger partial charge in [-0.25, -0.2) is 9.98 Å². The zero-order chi connectivity index (χ0) is 13.1. The number of hydrogen-bond donors (Lipinski definition) is 3. The molecule has 0 unspecified atom stereocenters. The van der Waals surface area contributed by atoms with Gasteiger partial charge in [0.25, 0.3) is 5.56 Å². The molecule has 2 aromatic heterocycles. The maximum absolute atomic E-state index is 11.5. The van der Waals surface area contributed by atoms with E-state index in [2.05, 4.69) is 19.9 Å². The highest BCUT2D eigenvalue weighted by molar-refractivity contribution is 7.71. The number of aromatic nitrogens is 3. The van der Waals surface area contributed by atoms with Gasteiger partial charge in [-0.3, -0.25) is 9.78 Å². The minimum absolute atomic E-state index is 0.00639. The molecular weight excluding hydrogens is 252 g/mol. The van der Waals surface area contributed by atoms with Gasteiger partial charge in [-0.1, -0.05) is 0 Å². The predicted octanol–water partition coefficient (Wildman–Crippen LogP) is 1.59. The van der Waals surface area contributed by atoms with E-state index < -0.39 is 5.56 Å². The largest absolute Gasteiger partial charge is 0.494 e. The molecule has 0 aliphatic carbocycles. The minimum atomic E-state index is -0.507. The van der Waals surface area contributed by atoms with E-state index in [4.69, 9.17) is 12.2 Å². The van der Waals surface area contributed by atoms with Gasteiger partial charge in [0.2, 0.25) is 5.88 Å². The van der Waals surface area contributed by atoms with E-state index in [1.807, 2.05) is 13.0 Å². The van der Waals surface area contributed by atoms with Crippen molar-refractivity contribution >= 4 is 24.3 Å². The first-order valence-corrected chi connectivity index (χ1v) is 5.49. The standard InChI is InChI=1S/C11H10N4O2S/c1-6-2-3-12-8(4-6)13-5-7-9(16)14-11(18)15-10(7)17/h2-5H,1H3,(H3,14,15,16,17,18). The van der Waals surface area contributed by atoms with Gasteiger partial charge < -0.3 is 10.1 Å². The van der Waals surface area contributed by atoms with Crippen LogP contribution in [0.2, 0.25) is 0 Å². The highest BCUT2D eigenvalue weighted by Crippen LogP contribution is 2.10. The van der Waals surface area contributed by atoms with Crippen molar-refractivity contribution in [2.45, 2.75) is 6.92 Å². The normalized spacial score (nSPS) is 10.9. The summed E-state index contributed by atoms with van der Waals surface area (Å²) in [6.45, 7) is 1.91. The molecule has 0 fully saturated rings. The number of H-pyrrole nitrogens is 2. The van der Waals surface area contributed by atoms with Gasteiger partial charge in [-0.15, -0.1) is 0 Å². The predicted molar refractivity (Wildman–Crippen MR) is 70.1 cm³/mol. The van der Waals surface area contributed by atoms with Gasteiger partial charge in [0.1, 0.15) is 5.56 Å². The lowest BCUT2D eigenvalue weighted by Gasteiger charge is -1.97. The molecule has 3 N–H and O–H groups in total. The fourth-order valence-corrected chi connectivity index (χ4v) is 1.51. The first-order valence-electron chi connectivity index (χ1n) is 5.08. The Morgan fingerprint density at radius 3 is 2.94 bits per heavy atom. The van der Waals surface area contributed by atoms with Crippen LogP contribution in [-0.4, -0.2) is 26.3 Å². The number of aryl methyl sites for hydroxylation is 1. The highest BCUT2D eigenvalue weighted by Gasteiger charge is 2.04. The molecule has 92 valence electrons. The number of hydrogen-bond acceptors (Lipinski definition) is 5. The molecule has 2 aromatic rings. The number of aromatic hydroxyl groups is 1. The van der Waals surface area contributed by atoms with Crippen LogP contribution in [0.3, 0.4) is 0 Å². The summed E-state index contributed by atoms with van der Waals surface area (Å²) in [5.41, 5.74) is 0.502. The number of pyridine rings is 1. The Morgan fingerprint density at radius 1 is 1.50 bits per heavy atom. The first kappa shape index (κ1) is 12.2. The van der Waals surface area contributed by atoms with Gasteiger partial charge in [0.05, 0.1) is 0 Å². The van der Waals surface area contributed by atoms with Gasteiger partial charge >= 0.3 is 0 Å². The molecule has 6 nitrogen and oxygen atoms in total. The van der Waals surface area contributed by atoms with Crippen LogP contribution in [0.15, 0.2) is 28.1 Å². The van der Waals surface area contributed by atoms with Gasteiger partial charge in [0.15, 0.2) is 10.6 Å². The van der Waals surface area contributed by atoms with Crippen molar-refractivity contribution in [3.8, 4) is 5.88 Å².